The molecule has 0 spiro atoms. The van der Waals surface area contributed by atoms with E-state index in [1.165, 1.54) is 0 Å². The van der Waals surface area contributed by atoms with Crippen molar-refractivity contribution in [3.8, 4) is 0 Å². The number of hydrogen-bond acceptors (Lipinski definition) is 2. The first-order chi connectivity index (χ1) is 10.1. The summed E-state index contributed by atoms with van der Waals surface area (Å²) in [7, 11) is 0. The number of aromatic nitrogens is 1. The van der Waals surface area contributed by atoms with Crippen LogP contribution in [0, 0.1) is 0 Å². The lowest BCUT2D eigenvalue weighted by atomic mass is 10.00. The van der Waals surface area contributed by atoms with Crippen LogP contribution in [-0.2, 0) is 12.8 Å². The molecule has 1 heterocycles. The van der Waals surface area contributed by atoms with Gasteiger partial charge >= 0.3 is 0 Å². The van der Waals surface area contributed by atoms with Gasteiger partial charge in [-0.3, -0.25) is 9.78 Å². The second-order valence-corrected chi connectivity index (χ2v) is 6.15. The molecular formula is C17H19ClN2O. The number of carbonyl (C=O) groups excluding carboxylic acids is 1. The van der Waals surface area contributed by atoms with Gasteiger partial charge in [-0.1, -0.05) is 18.5 Å². The van der Waals surface area contributed by atoms with E-state index in [2.05, 4.69) is 12.2 Å². The molecule has 0 fully saturated rings. The first-order valence-electron chi connectivity index (χ1n) is 7.52. The minimum Gasteiger partial charge on any atom is -0.350 e. The Bertz CT molecular complexity index is 711. The average Bonchev–Trinajstić information content (AvgIpc) is 2.92. The summed E-state index contributed by atoms with van der Waals surface area (Å²) in [5.74, 6) is -0.00262. The zero-order chi connectivity index (χ0) is 15.0. The lowest BCUT2D eigenvalue weighted by Crippen LogP contribution is -2.32. The highest BCUT2D eigenvalue weighted by Crippen LogP contribution is 2.31. The number of rotatable bonds is 3. The average molecular weight is 303 g/mol. The van der Waals surface area contributed by atoms with Crippen LogP contribution in [0.15, 0.2) is 18.2 Å². The number of hydrogen-bond donors (Lipinski definition) is 1. The molecule has 1 aromatic carbocycles. The Labute approximate surface area is 129 Å². The van der Waals surface area contributed by atoms with Gasteiger partial charge < -0.3 is 5.32 Å². The number of benzene rings is 1. The lowest BCUT2D eigenvalue weighted by molar-refractivity contribution is 0.0940. The fraction of sp³-hybridized carbons (Fsp3) is 0.412. The second-order valence-electron chi connectivity index (χ2n) is 5.71. The van der Waals surface area contributed by atoms with Crippen molar-refractivity contribution in [2.24, 2.45) is 0 Å². The Hall–Kier alpha value is -1.61. The molecule has 2 aromatic rings. The van der Waals surface area contributed by atoms with Crippen molar-refractivity contribution in [3.05, 3.63) is 40.0 Å². The van der Waals surface area contributed by atoms with Crippen molar-refractivity contribution in [2.75, 3.05) is 0 Å². The van der Waals surface area contributed by atoms with E-state index in [0.717, 1.165) is 53.4 Å². The highest BCUT2D eigenvalue weighted by atomic mass is 35.5. The molecule has 3 nitrogen and oxygen atoms in total. The van der Waals surface area contributed by atoms with Gasteiger partial charge in [0, 0.05) is 22.1 Å². The third-order valence-corrected chi connectivity index (χ3v) is 4.43. The van der Waals surface area contributed by atoms with Crippen LogP contribution in [0.25, 0.3) is 10.9 Å². The van der Waals surface area contributed by atoms with E-state index in [1.54, 1.807) is 0 Å². The topological polar surface area (TPSA) is 42.0 Å². The number of nitrogens with one attached hydrogen (secondary N) is 1. The molecule has 0 radical (unpaired) electrons. The smallest absolute Gasteiger partial charge is 0.252 e. The fourth-order valence-electron chi connectivity index (χ4n) is 2.89. The van der Waals surface area contributed by atoms with Crippen molar-refractivity contribution >= 4 is 28.4 Å². The van der Waals surface area contributed by atoms with Gasteiger partial charge in [0.1, 0.15) is 0 Å². The Balaban J connectivity index is 2.18. The van der Waals surface area contributed by atoms with Crippen molar-refractivity contribution in [3.63, 3.8) is 0 Å². The molecule has 21 heavy (non-hydrogen) atoms. The van der Waals surface area contributed by atoms with E-state index < -0.39 is 0 Å². The van der Waals surface area contributed by atoms with Crippen molar-refractivity contribution in [1.29, 1.82) is 0 Å². The largest absolute Gasteiger partial charge is 0.350 e. The van der Waals surface area contributed by atoms with Gasteiger partial charge in [0.05, 0.1) is 11.1 Å². The summed E-state index contributed by atoms with van der Waals surface area (Å²) in [6, 6.07) is 5.75. The number of nitrogens with zero attached hydrogens (tertiary/aromatic N) is 1. The third-order valence-electron chi connectivity index (χ3n) is 4.19. The molecule has 1 N–H and O–H groups in total. The molecule has 1 amide bonds. The van der Waals surface area contributed by atoms with Crippen molar-refractivity contribution in [2.45, 2.75) is 45.6 Å². The molecule has 0 saturated carbocycles. The molecular weight excluding hydrogens is 284 g/mol. The molecule has 1 aliphatic rings. The van der Waals surface area contributed by atoms with E-state index in [1.807, 2.05) is 25.1 Å². The molecule has 1 atom stereocenters. The van der Waals surface area contributed by atoms with Gasteiger partial charge in [0.25, 0.3) is 5.91 Å². The number of amides is 1. The van der Waals surface area contributed by atoms with E-state index in [-0.39, 0.29) is 11.9 Å². The summed E-state index contributed by atoms with van der Waals surface area (Å²) in [4.78, 5) is 17.4. The molecule has 0 aliphatic heterocycles. The minimum atomic E-state index is -0.00262. The number of aryl methyl sites for hydroxylation is 1. The van der Waals surface area contributed by atoms with Crippen LogP contribution in [0.3, 0.4) is 0 Å². The first kappa shape index (κ1) is 14.3. The van der Waals surface area contributed by atoms with Gasteiger partial charge in [0.2, 0.25) is 0 Å². The molecule has 1 unspecified atom stereocenters. The third kappa shape index (κ3) is 2.62. The maximum Gasteiger partial charge on any atom is 0.252 e. The summed E-state index contributed by atoms with van der Waals surface area (Å²) in [6.45, 7) is 4.09. The molecule has 3 rings (SSSR count). The summed E-state index contributed by atoms with van der Waals surface area (Å²) in [5.41, 5.74) is 3.80. The maximum absolute atomic E-state index is 12.7. The van der Waals surface area contributed by atoms with E-state index in [4.69, 9.17) is 16.6 Å². The number of pyridine rings is 1. The predicted molar refractivity (Wildman–Crippen MR) is 86.0 cm³/mol. The van der Waals surface area contributed by atoms with Crippen LogP contribution < -0.4 is 5.32 Å². The van der Waals surface area contributed by atoms with Crippen LogP contribution in [-0.4, -0.2) is 16.9 Å². The quantitative estimate of drug-likeness (QED) is 0.934. The summed E-state index contributed by atoms with van der Waals surface area (Å²) < 4.78 is 0. The van der Waals surface area contributed by atoms with Crippen LogP contribution in [0.2, 0.25) is 5.02 Å². The Morgan fingerprint density at radius 2 is 2.24 bits per heavy atom. The second kappa shape index (κ2) is 5.64. The highest BCUT2D eigenvalue weighted by Gasteiger charge is 2.24. The zero-order valence-electron chi connectivity index (χ0n) is 12.4. The summed E-state index contributed by atoms with van der Waals surface area (Å²) >= 11 is 6.12. The maximum atomic E-state index is 12.7. The molecule has 0 bridgehead atoms. The highest BCUT2D eigenvalue weighted by molar-refractivity contribution is 6.31. The van der Waals surface area contributed by atoms with Gasteiger partial charge in [-0.2, -0.15) is 0 Å². The molecule has 0 saturated heterocycles. The Morgan fingerprint density at radius 1 is 1.43 bits per heavy atom. The minimum absolute atomic E-state index is 0.00262. The van der Waals surface area contributed by atoms with Crippen LogP contribution in [0.1, 0.15) is 48.3 Å². The summed E-state index contributed by atoms with van der Waals surface area (Å²) in [6.07, 6.45) is 3.86. The molecule has 4 heteroatoms. The van der Waals surface area contributed by atoms with Gasteiger partial charge in [-0.25, -0.2) is 0 Å². The number of halogens is 1. The van der Waals surface area contributed by atoms with Gasteiger partial charge in [-0.05, 0) is 56.4 Å². The zero-order valence-corrected chi connectivity index (χ0v) is 13.1. The number of carbonyl (C=O) groups is 1. The SMILES string of the molecule is CCC(C)NC(=O)c1c2c(nc3ccc(Cl)cc13)CCC2. The standard InChI is InChI=1S/C17H19ClN2O/c1-3-10(2)19-17(21)16-12-5-4-6-14(12)20-15-8-7-11(18)9-13(15)16/h7-10H,3-6H2,1-2H3,(H,19,21). The van der Waals surface area contributed by atoms with Crippen molar-refractivity contribution in [1.82, 2.24) is 10.3 Å². The Kier molecular flexibility index (Phi) is 3.85. The van der Waals surface area contributed by atoms with E-state index in [0.29, 0.717) is 5.02 Å². The normalized spacial score (nSPS) is 15.0. The first-order valence-corrected chi connectivity index (χ1v) is 7.89. The predicted octanol–water partition coefficient (Wildman–Crippen LogP) is 3.91. The van der Waals surface area contributed by atoms with Crippen molar-refractivity contribution < 1.29 is 4.79 Å². The van der Waals surface area contributed by atoms with Crippen LogP contribution in [0.4, 0.5) is 0 Å². The Morgan fingerprint density at radius 3 is 3.00 bits per heavy atom. The van der Waals surface area contributed by atoms with E-state index >= 15 is 0 Å². The number of fused-ring (bicyclic) bond motifs is 2. The van der Waals surface area contributed by atoms with E-state index in [9.17, 15) is 4.79 Å². The molecule has 1 aliphatic carbocycles. The van der Waals surface area contributed by atoms with Gasteiger partial charge in [0.15, 0.2) is 0 Å². The fourth-order valence-corrected chi connectivity index (χ4v) is 3.06. The van der Waals surface area contributed by atoms with Crippen LogP contribution >= 0.6 is 11.6 Å². The lowest BCUT2D eigenvalue weighted by Gasteiger charge is -2.16. The van der Waals surface area contributed by atoms with Gasteiger partial charge in [-0.15, -0.1) is 0 Å². The molecule has 1 aromatic heterocycles. The summed E-state index contributed by atoms with van der Waals surface area (Å²) in [5, 5.41) is 4.58. The monoisotopic (exact) mass is 302 g/mol. The molecule has 110 valence electrons. The van der Waals surface area contributed by atoms with Crippen LogP contribution in [0.5, 0.6) is 0 Å².